The van der Waals surface area contributed by atoms with Crippen molar-refractivity contribution in [1.82, 2.24) is 5.32 Å². The number of hydrogen-bond donors (Lipinski definition) is 3. The molecule has 0 bridgehead atoms. The maximum Gasteiger partial charge on any atom is 0.337 e. The van der Waals surface area contributed by atoms with Gasteiger partial charge in [0.15, 0.2) is 0 Å². The molecule has 0 aromatic heterocycles. The van der Waals surface area contributed by atoms with Crippen molar-refractivity contribution in [2.45, 2.75) is 6.92 Å². The SMILES string of the molecule is CC(=O)NCCOc1ccc(N)c(C(=O)O)c1. The molecular formula is C11H14N2O4. The highest BCUT2D eigenvalue weighted by atomic mass is 16.5. The van der Waals surface area contributed by atoms with Crippen LogP contribution < -0.4 is 15.8 Å². The second kappa shape index (κ2) is 5.74. The Labute approximate surface area is 98.4 Å². The Bertz CT molecular complexity index is 431. The van der Waals surface area contributed by atoms with Crippen molar-refractivity contribution in [3.8, 4) is 5.75 Å². The van der Waals surface area contributed by atoms with E-state index in [2.05, 4.69) is 5.32 Å². The third-order valence-corrected chi connectivity index (χ3v) is 2.00. The lowest BCUT2D eigenvalue weighted by molar-refractivity contribution is -0.119. The Kier molecular flexibility index (Phi) is 4.33. The van der Waals surface area contributed by atoms with Gasteiger partial charge in [0, 0.05) is 12.6 Å². The highest BCUT2D eigenvalue weighted by Crippen LogP contribution is 2.19. The second-order valence-corrected chi connectivity index (χ2v) is 3.39. The molecule has 0 heterocycles. The number of carboxylic acids is 1. The number of anilines is 1. The average Bonchev–Trinajstić information content (AvgIpc) is 2.25. The third kappa shape index (κ3) is 4.02. The molecule has 0 radical (unpaired) electrons. The van der Waals surface area contributed by atoms with Crippen LogP contribution in [0.1, 0.15) is 17.3 Å². The summed E-state index contributed by atoms with van der Waals surface area (Å²) in [6.07, 6.45) is 0. The highest BCUT2D eigenvalue weighted by molar-refractivity contribution is 5.94. The number of aromatic carboxylic acids is 1. The summed E-state index contributed by atoms with van der Waals surface area (Å²) in [5.74, 6) is -0.839. The number of rotatable bonds is 5. The van der Waals surface area contributed by atoms with Crippen molar-refractivity contribution in [3.63, 3.8) is 0 Å². The van der Waals surface area contributed by atoms with Crippen LogP contribution in [0.3, 0.4) is 0 Å². The molecule has 0 aliphatic carbocycles. The molecule has 0 aliphatic heterocycles. The van der Waals surface area contributed by atoms with Crippen molar-refractivity contribution in [2.75, 3.05) is 18.9 Å². The number of nitrogens with two attached hydrogens (primary N) is 1. The summed E-state index contributed by atoms with van der Waals surface area (Å²) in [6, 6.07) is 4.40. The van der Waals surface area contributed by atoms with E-state index in [4.69, 9.17) is 15.6 Å². The maximum absolute atomic E-state index is 10.8. The molecule has 0 saturated carbocycles. The minimum atomic E-state index is -1.10. The van der Waals surface area contributed by atoms with Gasteiger partial charge in [-0.15, -0.1) is 0 Å². The molecule has 6 heteroatoms. The normalized spacial score (nSPS) is 9.71. The van der Waals surface area contributed by atoms with Crippen molar-refractivity contribution >= 4 is 17.6 Å². The van der Waals surface area contributed by atoms with Crippen molar-refractivity contribution in [1.29, 1.82) is 0 Å². The largest absolute Gasteiger partial charge is 0.492 e. The molecule has 0 unspecified atom stereocenters. The van der Waals surface area contributed by atoms with Gasteiger partial charge in [0.05, 0.1) is 12.1 Å². The first-order valence-electron chi connectivity index (χ1n) is 5.00. The molecule has 1 aromatic carbocycles. The van der Waals surface area contributed by atoms with Crippen LogP contribution in [-0.4, -0.2) is 30.1 Å². The molecule has 1 aromatic rings. The van der Waals surface area contributed by atoms with Gasteiger partial charge in [-0.05, 0) is 18.2 Å². The average molecular weight is 238 g/mol. The van der Waals surface area contributed by atoms with Crippen molar-refractivity contribution in [2.24, 2.45) is 0 Å². The summed E-state index contributed by atoms with van der Waals surface area (Å²) in [5, 5.41) is 11.4. The van der Waals surface area contributed by atoms with Crippen LogP contribution >= 0.6 is 0 Å². The summed E-state index contributed by atoms with van der Waals surface area (Å²) < 4.78 is 5.27. The van der Waals surface area contributed by atoms with Crippen LogP contribution in [0.25, 0.3) is 0 Å². The first-order chi connectivity index (χ1) is 8.00. The number of amides is 1. The van der Waals surface area contributed by atoms with Gasteiger partial charge in [-0.3, -0.25) is 4.79 Å². The molecule has 4 N–H and O–H groups in total. The van der Waals surface area contributed by atoms with Gasteiger partial charge in [-0.25, -0.2) is 4.79 Å². The Balaban J connectivity index is 2.57. The number of carbonyl (C=O) groups is 2. The molecule has 0 atom stereocenters. The topological polar surface area (TPSA) is 102 Å². The van der Waals surface area contributed by atoms with E-state index in [1.165, 1.54) is 19.1 Å². The molecule has 17 heavy (non-hydrogen) atoms. The lowest BCUT2D eigenvalue weighted by atomic mass is 10.2. The summed E-state index contributed by atoms with van der Waals surface area (Å²) in [5.41, 5.74) is 5.68. The summed E-state index contributed by atoms with van der Waals surface area (Å²) in [4.78, 5) is 21.4. The first-order valence-corrected chi connectivity index (χ1v) is 5.00. The van der Waals surface area contributed by atoms with Gasteiger partial charge in [0.25, 0.3) is 0 Å². The van der Waals surface area contributed by atoms with Crippen LogP contribution in [0.4, 0.5) is 5.69 Å². The predicted molar refractivity (Wildman–Crippen MR) is 62.0 cm³/mol. The van der Waals surface area contributed by atoms with Gasteiger partial charge < -0.3 is 20.9 Å². The molecule has 1 amide bonds. The number of ether oxygens (including phenoxy) is 1. The third-order valence-electron chi connectivity index (χ3n) is 2.00. The Hall–Kier alpha value is -2.24. The van der Waals surface area contributed by atoms with E-state index < -0.39 is 5.97 Å². The molecular weight excluding hydrogens is 224 g/mol. The minimum absolute atomic E-state index is 0.00188. The van der Waals surface area contributed by atoms with E-state index >= 15 is 0 Å². The quantitative estimate of drug-likeness (QED) is 0.511. The lowest BCUT2D eigenvalue weighted by Gasteiger charge is -2.08. The van der Waals surface area contributed by atoms with Crippen LogP contribution in [0.15, 0.2) is 18.2 Å². The smallest absolute Gasteiger partial charge is 0.337 e. The monoisotopic (exact) mass is 238 g/mol. The molecule has 0 spiro atoms. The lowest BCUT2D eigenvalue weighted by Crippen LogP contribution is -2.25. The maximum atomic E-state index is 10.8. The zero-order valence-corrected chi connectivity index (χ0v) is 9.40. The zero-order valence-electron chi connectivity index (χ0n) is 9.40. The van der Waals surface area contributed by atoms with Gasteiger partial charge in [-0.2, -0.15) is 0 Å². The fraction of sp³-hybridized carbons (Fsp3) is 0.273. The van der Waals surface area contributed by atoms with E-state index in [1.54, 1.807) is 6.07 Å². The van der Waals surface area contributed by atoms with Crippen LogP contribution in [0.5, 0.6) is 5.75 Å². The van der Waals surface area contributed by atoms with E-state index in [0.717, 1.165) is 0 Å². The fourth-order valence-corrected chi connectivity index (χ4v) is 1.21. The molecule has 1 rings (SSSR count). The van der Waals surface area contributed by atoms with Crippen molar-refractivity contribution < 1.29 is 19.4 Å². The number of benzene rings is 1. The van der Waals surface area contributed by atoms with Gasteiger partial charge in [-0.1, -0.05) is 0 Å². The van der Waals surface area contributed by atoms with E-state index in [9.17, 15) is 9.59 Å². The summed E-state index contributed by atoms with van der Waals surface area (Å²) in [6.45, 7) is 2.04. The standard InChI is InChI=1S/C11H14N2O4/c1-7(14)13-4-5-17-8-2-3-10(12)9(6-8)11(15)16/h2-3,6H,4-5,12H2,1H3,(H,13,14)(H,15,16). The van der Waals surface area contributed by atoms with Gasteiger partial charge >= 0.3 is 5.97 Å². The predicted octanol–water partition coefficient (Wildman–Crippen LogP) is 0.482. The second-order valence-electron chi connectivity index (χ2n) is 3.39. The van der Waals surface area contributed by atoms with Crippen LogP contribution in [0, 0.1) is 0 Å². The zero-order chi connectivity index (χ0) is 12.8. The Morgan fingerprint density at radius 3 is 2.76 bits per heavy atom. The molecule has 0 aliphatic rings. The van der Waals surface area contributed by atoms with E-state index in [-0.39, 0.29) is 23.8 Å². The van der Waals surface area contributed by atoms with Gasteiger partial charge in [0.1, 0.15) is 12.4 Å². The number of hydrogen-bond acceptors (Lipinski definition) is 4. The Morgan fingerprint density at radius 1 is 1.47 bits per heavy atom. The fourth-order valence-electron chi connectivity index (χ4n) is 1.21. The molecule has 92 valence electrons. The van der Waals surface area contributed by atoms with E-state index in [1.807, 2.05) is 0 Å². The first kappa shape index (κ1) is 12.8. The summed E-state index contributed by atoms with van der Waals surface area (Å²) in [7, 11) is 0. The van der Waals surface area contributed by atoms with Crippen LogP contribution in [0.2, 0.25) is 0 Å². The minimum Gasteiger partial charge on any atom is -0.492 e. The van der Waals surface area contributed by atoms with E-state index in [0.29, 0.717) is 12.3 Å². The van der Waals surface area contributed by atoms with Crippen molar-refractivity contribution in [3.05, 3.63) is 23.8 Å². The molecule has 6 nitrogen and oxygen atoms in total. The number of nitrogen functional groups attached to an aromatic ring is 1. The van der Waals surface area contributed by atoms with Gasteiger partial charge in [0.2, 0.25) is 5.91 Å². The Morgan fingerprint density at radius 2 is 2.18 bits per heavy atom. The highest BCUT2D eigenvalue weighted by Gasteiger charge is 2.08. The summed E-state index contributed by atoms with van der Waals surface area (Å²) >= 11 is 0. The molecule has 0 fully saturated rings. The number of nitrogens with one attached hydrogen (secondary N) is 1. The van der Waals surface area contributed by atoms with Crippen LogP contribution in [-0.2, 0) is 4.79 Å². The number of carboxylic acid groups (broad SMARTS) is 1. The number of carbonyl (C=O) groups excluding carboxylic acids is 1. The molecule has 0 saturated heterocycles.